The standard InChI is InChI=1S/C31H48O6.Na/c1-17(2)9-8-10-20(28(35)36)26-22-15-24(34)27-29(5)13-12-23(33)18(3)21(29)11-14-30(27,6)31(22,7)16-25(26)37-19(4)32;/h9,18,21-25,27,33-34H,8,10-16H2,1-7H3,(H,35,36);/q;+1/p-1/b26-20+;/t18-,21?,22+,23+,24+,25-,27?,29-,30-,31-;/m0./s1. The van der Waals surface area contributed by atoms with E-state index in [9.17, 15) is 24.9 Å². The monoisotopic (exact) mass is 538 g/mol. The predicted octanol–water partition coefficient (Wildman–Crippen LogP) is 1.34. The number of esters is 1. The van der Waals surface area contributed by atoms with Gasteiger partial charge in [0.25, 0.3) is 0 Å². The van der Waals surface area contributed by atoms with Gasteiger partial charge in [0.2, 0.25) is 0 Å². The van der Waals surface area contributed by atoms with Crippen LogP contribution in [-0.4, -0.2) is 40.5 Å². The molecule has 0 heterocycles. The zero-order valence-corrected chi connectivity index (χ0v) is 26.8. The Morgan fingerprint density at radius 1 is 1.05 bits per heavy atom. The van der Waals surface area contributed by atoms with Gasteiger partial charge in [-0.25, -0.2) is 0 Å². The second kappa shape index (κ2) is 11.3. The van der Waals surface area contributed by atoms with Gasteiger partial charge in [-0.05, 0) is 116 Å². The molecule has 4 rings (SSSR count). The molecule has 0 aromatic carbocycles. The fourth-order valence-corrected chi connectivity index (χ4v) is 9.78. The number of rotatable bonds is 5. The van der Waals surface area contributed by atoms with Gasteiger partial charge >= 0.3 is 35.5 Å². The number of hydrogen-bond donors (Lipinski definition) is 2. The molecule has 2 unspecified atom stereocenters. The van der Waals surface area contributed by atoms with Crippen LogP contribution in [0, 0.1) is 39.9 Å². The van der Waals surface area contributed by atoms with Crippen LogP contribution in [-0.2, 0) is 14.3 Å². The second-order valence-corrected chi connectivity index (χ2v) is 13.6. The van der Waals surface area contributed by atoms with Gasteiger partial charge in [-0.2, -0.15) is 0 Å². The van der Waals surface area contributed by atoms with Gasteiger partial charge in [-0.1, -0.05) is 39.3 Å². The molecule has 0 bridgehead atoms. The second-order valence-electron chi connectivity index (χ2n) is 13.6. The van der Waals surface area contributed by atoms with Gasteiger partial charge in [-0.15, -0.1) is 0 Å². The van der Waals surface area contributed by atoms with Crippen LogP contribution in [0.15, 0.2) is 22.8 Å². The first kappa shape index (κ1) is 31.9. The van der Waals surface area contributed by atoms with Crippen molar-refractivity contribution in [3.8, 4) is 0 Å². The smallest absolute Gasteiger partial charge is 0.545 e. The zero-order chi connectivity index (χ0) is 27.5. The zero-order valence-electron chi connectivity index (χ0n) is 24.8. The quantitative estimate of drug-likeness (QED) is 0.237. The topological polar surface area (TPSA) is 107 Å². The van der Waals surface area contributed by atoms with E-state index in [0.29, 0.717) is 37.2 Å². The van der Waals surface area contributed by atoms with Crippen LogP contribution in [0.4, 0.5) is 0 Å². The third-order valence-corrected chi connectivity index (χ3v) is 11.6. The minimum atomic E-state index is -1.20. The van der Waals surface area contributed by atoms with E-state index in [1.807, 2.05) is 19.9 Å². The Morgan fingerprint density at radius 2 is 1.71 bits per heavy atom. The van der Waals surface area contributed by atoms with Crippen molar-refractivity contribution in [3.63, 3.8) is 0 Å². The summed E-state index contributed by atoms with van der Waals surface area (Å²) < 4.78 is 5.84. The SMILES string of the molecule is CC(=O)O[C@H]1C[C@@]2(C)[C@H](C[C@@H](O)C3[C@@]4(C)CC[C@@H](O)[C@@H](C)C4CC[C@@]32C)/C1=C(/CCC=C(C)C)C(=O)[O-].[Na+]. The summed E-state index contributed by atoms with van der Waals surface area (Å²) in [7, 11) is 0. The summed E-state index contributed by atoms with van der Waals surface area (Å²) in [6.07, 6.45) is 5.92. The minimum absolute atomic E-state index is 0. The fraction of sp³-hybridized carbons (Fsp3) is 0.806. The van der Waals surface area contributed by atoms with E-state index in [-0.39, 0.29) is 75.2 Å². The number of carbonyl (C=O) groups is 2. The maximum atomic E-state index is 12.5. The van der Waals surface area contributed by atoms with Crippen molar-refractivity contribution in [3.05, 3.63) is 22.8 Å². The number of fused-ring (bicyclic) bond motifs is 5. The van der Waals surface area contributed by atoms with Crippen molar-refractivity contribution in [1.29, 1.82) is 0 Å². The van der Waals surface area contributed by atoms with Crippen molar-refractivity contribution < 1.29 is 59.2 Å². The number of ether oxygens (including phenoxy) is 1. The molecule has 38 heavy (non-hydrogen) atoms. The molecule has 2 N–H and O–H groups in total. The molecule has 0 saturated heterocycles. The van der Waals surface area contributed by atoms with E-state index in [2.05, 4.69) is 27.7 Å². The molecule has 7 heteroatoms. The van der Waals surface area contributed by atoms with E-state index < -0.39 is 24.1 Å². The molecule has 4 fully saturated rings. The first-order chi connectivity index (χ1) is 17.2. The van der Waals surface area contributed by atoms with Crippen LogP contribution in [0.3, 0.4) is 0 Å². The van der Waals surface area contributed by atoms with Crippen LogP contribution in [0.2, 0.25) is 0 Å². The van der Waals surface area contributed by atoms with Gasteiger partial charge in [-0.3, -0.25) is 4.79 Å². The van der Waals surface area contributed by atoms with Gasteiger partial charge in [0.15, 0.2) is 0 Å². The predicted molar refractivity (Wildman–Crippen MR) is 140 cm³/mol. The van der Waals surface area contributed by atoms with Gasteiger partial charge < -0.3 is 24.9 Å². The number of allylic oxidation sites excluding steroid dienone is 2. The molecule has 6 nitrogen and oxygen atoms in total. The molecule has 4 aliphatic rings. The number of hydrogen-bond acceptors (Lipinski definition) is 6. The Balaban J connectivity index is 0.00000400. The maximum Gasteiger partial charge on any atom is 1.00 e. The Morgan fingerprint density at radius 3 is 2.29 bits per heavy atom. The third kappa shape index (κ3) is 5.00. The fourth-order valence-electron chi connectivity index (χ4n) is 9.78. The Hall–Kier alpha value is -0.660. The molecule has 0 spiro atoms. The first-order valence-corrected chi connectivity index (χ1v) is 14.3. The largest absolute Gasteiger partial charge is 1.00 e. The molecule has 10 atom stereocenters. The van der Waals surface area contributed by atoms with E-state index in [1.165, 1.54) is 6.92 Å². The van der Waals surface area contributed by atoms with Crippen LogP contribution in [0.1, 0.15) is 99.8 Å². The summed E-state index contributed by atoms with van der Waals surface area (Å²) in [4.78, 5) is 24.7. The van der Waals surface area contributed by atoms with E-state index in [1.54, 1.807) is 0 Å². The first-order valence-electron chi connectivity index (χ1n) is 14.3. The summed E-state index contributed by atoms with van der Waals surface area (Å²) in [5.74, 6) is -1.25. The maximum absolute atomic E-state index is 12.5. The summed E-state index contributed by atoms with van der Waals surface area (Å²) in [5.41, 5.74) is 1.31. The average Bonchev–Trinajstić information content (AvgIpc) is 3.05. The molecule has 4 saturated carbocycles. The van der Waals surface area contributed by atoms with Gasteiger partial charge in [0, 0.05) is 6.92 Å². The third-order valence-electron chi connectivity index (χ3n) is 11.6. The Bertz CT molecular complexity index is 1000. The normalized spacial score (nSPS) is 45.0. The van der Waals surface area contributed by atoms with Crippen LogP contribution >= 0.6 is 0 Å². The molecule has 0 aromatic rings. The molecule has 0 aromatic heterocycles. The van der Waals surface area contributed by atoms with Crippen molar-refractivity contribution in [1.82, 2.24) is 0 Å². The summed E-state index contributed by atoms with van der Waals surface area (Å²) in [5, 5.41) is 35.0. The number of carbonyl (C=O) groups excluding carboxylic acids is 2. The van der Waals surface area contributed by atoms with Crippen LogP contribution < -0.4 is 34.7 Å². The van der Waals surface area contributed by atoms with Crippen molar-refractivity contribution >= 4 is 11.9 Å². The Kier molecular flexibility index (Phi) is 9.49. The van der Waals surface area contributed by atoms with E-state index in [0.717, 1.165) is 31.3 Å². The van der Waals surface area contributed by atoms with Gasteiger partial charge in [0.05, 0.1) is 18.2 Å². The van der Waals surface area contributed by atoms with E-state index >= 15 is 0 Å². The van der Waals surface area contributed by atoms with Crippen molar-refractivity contribution in [2.75, 3.05) is 0 Å². The summed E-state index contributed by atoms with van der Waals surface area (Å²) >= 11 is 0. The summed E-state index contributed by atoms with van der Waals surface area (Å²) in [6.45, 7) is 14.4. The average molecular weight is 539 g/mol. The van der Waals surface area contributed by atoms with Crippen LogP contribution in [0.25, 0.3) is 0 Å². The number of carboxylic acid groups (broad SMARTS) is 1. The van der Waals surface area contributed by atoms with Gasteiger partial charge in [0.1, 0.15) is 6.10 Å². The Labute approximate surface area is 251 Å². The summed E-state index contributed by atoms with van der Waals surface area (Å²) in [6, 6.07) is 0. The van der Waals surface area contributed by atoms with Crippen molar-refractivity contribution in [2.24, 2.45) is 39.9 Å². The molecule has 0 radical (unpaired) electrons. The van der Waals surface area contributed by atoms with Crippen LogP contribution in [0.5, 0.6) is 0 Å². The molecule has 4 aliphatic carbocycles. The minimum Gasteiger partial charge on any atom is -0.545 e. The number of carboxylic acids is 1. The molecule has 0 aliphatic heterocycles. The number of aliphatic hydroxyl groups is 2. The molecular formula is C31H47NaO6. The molecule has 0 amide bonds. The number of aliphatic hydroxyl groups excluding tert-OH is 2. The van der Waals surface area contributed by atoms with E-state index in [4.69, 9.17) is 4.74 Å². The van der Waals surface area contributed by atoms with Crippen molar-refractivity contribution in [2.45, 2.75) is 118 Å². The number of aliphatic carboxylic acids is 1. The molecule has 208 valence electrons. The molecular weight excluding hydrogens is 491 g/mol.